The second-order valence-corrected chi connectivity index (χ2v) is 6.52. The number of pyridine rings is 1. The predicted molar refractivity (Wildman–Crippen MR) is 106 cm³/mol. The average Bonchev–Trinajstić information content (AvgIpc) is 2.72. The van der Waals surface area contributed by atoms with Crippen LogP contribution >= 0.6 is 0 Å². The van der Waals surface area contributed by atoms with E-state index in [1.165, 1.54) is 6.07 Å². The molecule has 0 saturated carbocycles. The van der Waals surface area contributed by atoms with Crippen molar-refractivity contribution in [1.82, 2.24) is 19.9 Å². The standard InChI is InChI=1S/C19H19F4N7/c1-30(2)8-7-25-19-26-14(11-3-5-24-6-4-11)10-15(27-19)28-29-18-16(22)12(20)9-13(21)17(18)23/h3-6,9-10,29H,7-8H2,1-2H3,(H2,25,26,27,28). The zero-order valence-electron chi connectivity index (χ0n) is 16.2. The van der Waals surface area contributed by atoms with Crippen LogP contribution in [0.5, 0.6) is 0 Å². The number of anilines is 3. The lowest BCUT2D eigenvalue weighted by Crippen LogP contribution is -2.22. The second-order valence-electron chi connectivity index (χ2n) is 6.52. The zero-order chi connectivity index (χ0) is 21.7. The summed E-state index contributed by atoms with van der Waals surface area (Å²) in [6, 6.07) is 5.09. The molecule has 11 heteroatoms. The normalized spacial score (nSPS) is 10.9. The summed E-state index contributed by atoms with van der Waals surface area (Å²) in [6.45, 7) is 1.25. The van der Waals surface area contributed by atoms with Crippen molar-refractivity contribution in [3.05, 3.63) is 59.9 Å². The van der Waals surface area contributed by atoms with Crippen molar-refractivity contribution in [2.45, 2.75) is 0 Å². The Morgan fingerprint density at radius 3 is 2.20 bits per heavy atom. The highest BCUT2D eigenvalue weighted by molar-refractivity contribution is 5.65. The van der Waals surface area contributed by atoms with Crippen LogP contribution in [0.15, 0.2) is 36.7 Å². The molecule has 3 aromatic rings. The molecule has 0 unspecified atom stereocenters. The summed E-state index contributed by atoms with van der Waals surface area (Å²) < 4.78 is 54.6. The second kappa shape index (κ2) is 9.35. The topological polar surface area (TPSA) is 78.0 Å². The van der Waals surface area contributed by atoms with Crippen LogP contribution < -0.4 is 16.2 Å². The molecule has 0 atom stereocenters. The Morgan fingerprint density at radius 1 is 0.900 bits per heavy atom. The van der Waals surface area contributed by atoms with Gasteiger partial charge < -0.3 is 10.2 Å². The number of likely N-dealkylation sites (N-methyl/N-ethyl adjacent to an activating group) is 1. The third-order valence-electron chi connectivity index (χ3n) is 3.97. The van der Waals surface area contributed by atoms with Gasteiger partial charge in [0.15, 0.2) is 29.1 Å². The summed E-state index contributed by atoms with van der Waals surface area (Å²) in [5, 5.41) is 3.05. The summed E-state index contributed by atoms with van der Waals surface area (Å²) in [5.74, 6) is -5.80. The Bertz CT molecular complexity index is 989. The first-order chi connectivity index (χ1) is 14.3. The smallest absolute Gasteiger partial charge is 0.225 e. The number of benzene rings is 1. The highest BCUT2D eigenvalue weighted by Gasteiger charge is 2.19. The minimum Gasteiger partial charge on any atom is -0.353 e. The number of hydrazine groups is 1. The molecule has 3 rings (SSSR count). The molecule has 7 nitrogen and oxygen atoms in total. The number of nitrogens with zero attached hydrogens (tertiary/aromatic N) is 4. The number of nitrogens with one attached hydrogen (secondary N) is 3. The van der Waals surface area contributed by atoms with Crippen LogP contribution in [0, 0.1) is 23.3 Å². The van der Waals surface area contributed by atoms with Gasteiger partial charge in [0, 0.05) is 43.2 Å². The summed E-state index contributed by atoms with van der Waals surface area (Å²) in [5.41, 5.74) is 4.82. The minimum absolute atomic E-state index is 0.118. The fraction of sp³-hybridized carbons (Fsp3) is 0.211. The molecule has 0 radical (unpaired) electrons. The number of hydrogen-bond donors (Lipinski definition) is 3. The van der Waals surface area contributed by atoms with E-state index in [0.29, 0.717) is 18.8 Å². The molecule has 0 aliphatic carbocycles. The van der Waals surface area contributed by atoms with Crippen LogP contribution in [-0.4, -0.2) is 47.0 Å². The van der Waals surface area contributed by atoms with E-state index in [0.717, 1.165) is 5.56 Å². The van der Waals surface area contributed by atoms with Gasteiger partial charge >= 0.3 is 0 Å². The summed E-state index contributed by atoms with van der Waals surface area (Å²) in [7, 11) is 3.82. The number of rotatable bonds is 8. The van der Waals surface area contributed by atoms with Crippen molar-refractivity contribution >= 4 is 17.5 Å². The molecular weight excluding hydrogens is 402 g/mol. The minimum atomic E-state index is -1.56. The van der Waals surface area contributed by atoms with E-state index in [1.807, 2.05) is 19.0 Å². The van der Waals surface area contributed by atoms with E-state index in [2.05, 4.69) is 31.1 Å². The lowest BCUT2D eigenvalue weighted by atomic mass is 10.2. The summed E-state index contributed by atoms with van der Waals surface area (Å²) >= 11 is 0. The maximum atomic E-state index is 13.9. The number of aromatic nitrogens is 3. The van der Waals surface area contributed by atoms with Gasteiger partial charge in [0.2, 0.25) is 5.95 Å². The Balaban J connectivity index is 1.88. The first-order valence-electron chi connectivity index (χ1n) is 8.88. The predicted octanol–water partition coefficient (Wildman–Crippen LogP) is 3.51. The van der Waals surface area contributed by atoms with Crippen molar-refractivity contribution in [2.75, 3.05) is 43.4 Å². The monoisotopic (exact) mass is 421 g/mol. The highest BCUT2D eigenvalue weighted by Crippen LogP contribution is 2.25. The van der Waals surface area contributed by atoms with Gasteiger partial charge in [0.1, 0.15) is 5.69 Å². The van der Waals surface area contributed by atoms with Crippen molar-refractivity contribution < 1.29 is 17.6 Å². The van der Waals surface area contributed by atoms with E-state index in [1.54, 1.807) is 24.5 Å². The Labute approximate surface area is 170 Å². The van der Waals surface area contributed by atoms with Gasteiger partial charge in [-0.15, -0.1) is 0 Å². The SMILES string of the molecule is CN(C)CCNc1nc(NNc2c(F)c(F)cc(F)c2F)cc(-c2ccncc2)n1. The van der Waals surface area contributed by atoms with Crippen molar-refractivity contribution in [1.29, 1.82) is 0 Å². The van der Waals surface area contributed by atoms with Gasteiger partial charge in [0.05, 0.1) is 5.69 Å². The van der Waals surface area contributed by atoms with Crippen LogP contribution in [0.1, 0.15) is 0 Å². The molecule has 158 valence electrons. The van der Waals surface area contributed by atoms with Crippen molar-refractivity contribution in [2.24, 2.45) is 0 Å². The lowest BCUT2D eigenvalue weighted by molar-refractivity contribution is 0.425. The first kappa shape index (κ1) is 21.2. The molecule has 0 fully saturated rings. The van der Waals surface area contributed by atoms with Crippen LogP contribution in [0.25, 0.3) is 11.3 Å². The van der Waals surface area contributed by atoms with E-state index in [9.17, 15) is 17.6 Å². The van der Waals surface area contributed by atoms with Crippen molar-refractivity contribution in [3.63, 3.8) is 0 Å². The highest BCUT2D eigenvalue weighted by atomic mass is 19.2. The molecule has 0 bridgehead atoms. The van der Waals surface area contributed by atoms with Gasteiger partial charge in [-0.05, 0) is 26.2 Å². The Kier molecular flexibility index (Phi) is 6.62. The van der Waals surface area contributed by atoms with Crippen LogP contribution in [0.3, 0.4) is 0 Å². The fourth-order valence-corrected chi connectivity index (χ4v) is 2.46. The van der Waals surface area contributed by atoms with Crippen LogP contribution in [-0.2, 0) is 0 Å². The van der Waals surface area contributed by atoms with Gasteiger partial charge in [0.25, 0.3) is 0 Å². The molecule has 2 heterocycles. The van der Waals surface area contributed by atoms with Crippen LogP contribution in [0.4, 0.5) is 35.0 Å². The summed E-state index contributed by atoms with van der Waals surface area (Å²) in [6.07, 6.45) is 3.17. The first-order valence-corrected chi connectivity index (χ1v) is 8.88. The molecule has 2 aromatic heterocycles. The number of halogens is 4. The quantitative estimate of drug-likeness (QED) is 0.292. The van der Waals surface area contributed by atoms with E-state index < -0.39 is 29.0 Å². The summed E-state index contributed by atoms with van der Waals surface area (Å²) in [4.78, 5) is 14.5. The molecule has 0 saturated heterocycles. The van der Waals surface area contributed by atoms with E-state index in [-0.39, 0.29) is 17.8 Å². The van der Waals surface area contributed by atoms with Gasteiger partial charge in [-0.3, -0.25) is 15.8 Å². The maximum absolute atomic E-state index is 13.9. The molecule has 0 spiro atoms. The Hall–Kier alpha value is -3.47. The third-order valence-corrected chi connectivity index (χ3v) is 3.97. The van der Waals surface area contributed by atoms with Gasteiger partial charge in [-0.1, -0.05) is 0 Å². The van der Waals surface area contributed by atoms with E-state index in [4.69, 9.17) is 0 Å². The van der Waals surface area contributed by atoms with Crippen LogP contribution in [0.2, 0.25) is 0 Å². The van der Waals surface area contributed by atoms with Gasteiger partial charge in [-0.25, -0.2) is 22.5 Å². The molecule has 0 aliphatic rings. The average molecular weight is 421 g/mol. The largest absolute Gasteiger partial charge is 0.353 e. The maximum Gasteiger partial charge on any atom is 0.225 e. The molecule has 30 heavy (non-hydrogen) atoms. The molecule has 1 aromatic carbocycles. The van der Waals surface area contributed by atoms with Gasteiger partial charge in [-0.2, -0.15) is 4.98 Å². The fourth-order valence-electron chi connectivity index (χ4n) is 2.46. The molecule has 0 amide bonds. The Morgan fingerprint density at radius 2 is 1.57 bits per heavy atom. The molecule has 3 N–H and O–H groups in total. The number of hydrogen-bond acceptors (Lipinski definition) is 7. The molecular formula is C19H19F4N7. The zero-order valence-corrected chi connectivity index (χ0v) is 16.2. The van der Waals surface area contributed by atoms with Crippen molar-refractivity contribution in [3.8, 4) is 11.3 Å². The lowest BCUT2D eigenvalue weighted by Gasteiger charge is -2.15. The van der Waals surface area contributed by atoms with E-state index >= 15 is 0 Å². The third kappa shape index (κ3) is 5.11. The molecule has 0 aliphatic heterocycles.